The molecule has 1 nitrogen and oxygen atoms in total. The molecule has 0 aliphatic carbocycles. The highest BCUT2D eigenvalue weighted by Crippen LogP contribution is 1.98. The third kappa shape index (κ3) is 5.34. The van der Waals surface area contributed by atoms with Gasteiger partial charge in [-0.2, -0.15) is 0 Å². The van der Waals surface area contributed by atoms with E-state index in [1.807, 2.05) is 19.1 Å². The maximum absolute atomic E-state index is 5.44. The van der Waals surface area contributed by atoms with Crippen molar-refractivity contribution < 1.29 is 5.73 Å². The second-order valence-corrected chi connectivity index (χ2v) is 2.13. The molecule has 3 N–H and O–H groups in total. The lowest BCUT2D eigenvalue weighted by molar-refractivity contribution is -0.295. The first-order valence-electron chi connectivity index (χ1n) is 2.67. The highest BCUT2D eigenvalue weighted by atomic mass is 35.5. The minimum atomic E-state index is 0.526. The lowest BCUT2D eigenvalue weighted by Crippen LogP contribution is -2.46. The molecule has 2 heteroatoms. The molecule has 0 fully saturated rings. The Hall–Kier alpha value is -0.530. The highest BCUT2D eigenvalue weighted by molar-refractivity contribution is 6.30. The van der Waals surface area contributed by atoms with Crippen LogP contribution in [0.2, 0.25) is 0 Å². The summed E-state index contributed by atoms with van der Waals surface area (Å²) in [6.07, 6.45) is 5.43. The summed E-state index contributed by atoms with van der Waals surface area (Å²) in [6.45, 7) is 5.41. The van der Waals surface area contributed by atoms with Crippen molar-refractivity contribution in [3.63, 3.8) is 0 Å². The lowest BCUT2D eigenvalue weighted by Gasteiger charge is -1.82. The van der Waals surface area contributed by atoms with Crippen LogP contribution in [-0.4, -0.2) is 0 Å². The maximum atomic E-state index is 5.44. The first-order chi connectivity index (χ1) is 4.16. The summed E-state index contributed by atoms with van der Waals surface area (Å²) in [5, 5.41) is 0.526. The SMILES string of the molecule is C=C(Cl)C=CC([NH3+])=CC. The molecule has 0 aromatic heterocycles. The lowest BCUT2D eigenvalue weighted by atomic mass is 10.4. The Morgan fingerprint density at radius 2 is 2.11 bits per heavy atom. The van der Waals surface area contributed by atoms with Crippen LogP contribution in [0.15, 0.2) is 35.5 Å². The van der Waals surface area contributed by atoms with Crippen LogP contribution >= 0.6 is 11.6 Å². The van der Waals surface area contributed by atoms with Gasteiger partial charge in [0.05, 0.1) is 0 Å². The first-order valence-corrected chi connectivity index (χ1v) is 3.05. The van der Waals surface area contributed by atoms with Gasteiger partial charge in [-0.1, -0.05) is 18.2 Å². The third-order valence-electron chi connectivity index (χ3n) is 0.849. The zero-order valence-electron chi connectivity index (χ0n) is 5.52. The Morgan fingerprint density at radius 3 is 2.44 bits per heavy atom. The van der Waals surface area contributed by atoms with E-state index in [4.69, 9.17) is 11.6 Å². The van der Waals surface area contributed by atoms with E-state index in [2.05, 4.69) is 12.3 Å². The van der Waals surface area contributed by atoms with E-state index in [-0.39, 0.29) is 0 Å². The standard InChI is InChI=1S/C7H10ClN/c1-3-7(9)5-4-6(2)8/h3-5H,2,9H2,1H3/p+1. The second kappa shape index (κ2) is 4.36. The van der Waals surface area contributed by atoms with Crippen molar-refractivity contribution in [2.75, 3.05) is 0 Å². The van der Waals surface area contributed by atoms with Crippen molar-refractivity contribution in [1.82, 2.24) is 0 Å². The zero-order chi connectivity index (χ0) is 7.28. The van der Waals surface area contributed by atoms with Gasteiger partial charge in [-0.05, 0) is 25.2 Å². The fourth-order valence-electron chi connectivity index (χ4n) is 0.294. The molecule has 0 aliphatic heterocycles. The van der Waals surface area contributed by atoms with Gasteiger partial charge in [-0.3, -0.25) is 0 Å². The first kappa shape index (κ1) is 8.47. The summed E-state index contributed by atoms with van der Waals surface area (Å²) in [5.74, 6) is 0. The van der Waals surface area contributed by atoms with Gasteiger partial charge in [0, 0.05) is 5.03 Å². The van der Waals surface area contributed by atoms with Crippen LogP contribution in [0.25, 0.3) is 0 Å². The van der Waals surface area contributed by atoms with Gasteiger partial charge in [0.15, 0.2) is 0 Å². The van der Waals surface area contributed by atoms with Crippen LogP contribution < -0.4 is 5.73 Å². The molecule has 0 aromatic carbocycles. The van der Waals surface area contributed by atoms with Crippen LogP contribution in [0.5, 0.6) is 0 Å². The topological polar surface area (TPSA) is 27.6 Å². The molecule has 0 heterocycles. The fourth-order valence-corrected chi connectivity index (χ4v) is 0.357. The van der Waals surface area contributed by atoms with Gasteiger partial charge in [0.1, 0.15) is 5.70 Å². The van der Waals surface area contributed by atoms with E-state index in [0.717, 1.165) is 5.70 Å². The van der Waals surface area contributed by atoms with Crippen LogP contribution in [0.1, 0.15) is 6.92 Å². The molecule has 0 aromatic rings. The van der Waals surface area contributed by atoms with Crippen LogP contribution in [0.4, 0.5) is 0 Å². The van der Waals surface area contributed by atoms with Gasteiger partial charge in [0.2, 0.25) is 0 Å². The van der Waals surface area contributed by atoms with E-state index in [0.29, 0.717) is 5.03 Å². The van der Waals surface area contributed by atoms with Crippen molar-refractivity contribution in [1.29, 1.82) is 0 Å². The van der Waals surface area contributed by atoms with Crippen molar-refractivity contribution in [2.24, 2.45) is 0 Å². The van der Waals surface area contributed by atoms with Crippen molar-refractivity contribution in [2.45, 2.75) is 6.92 Å². The normalized spacial score (nSPS) is 12.6. The van der Waals surface area contributed by atoms with E-state index in [1.165, 1.54) is 0 Å². The number of hydrogen-bond acceptors (Lipinski definition) is 0. The Morgan fingerprint density at radius 1 is 1.56 bits per heavy atom. The number of rotatable bonds is 2. The molecule has 9 heavy (non-hydrogen) atoms. The average Bonchev–Trinajstić information content (AvgIpc) is 1.83. The minimum Gasteiger partial charge on any atom is -0.326 e. The van der Waals surface area contributed by atoms with Gasteiger partial charge in [-0.15, -0.1) is 0 Å². The zero-order valence-corrected chi connectivity index (χ0v) is 6.28. The summed E-state index contributed by atoms with van der Waals surface area (Å²) in [6, 6.07) is 0. The predicted molar refractivity (Wildman–Crippen MR) is 40.8 cm³/mol. The van der Waals surface area contributed by atoms with Gasteiger partial charge < -0.3 is 5.73 Å². The molecule has 50 valence electrons. The minimum absolute atomic E-state index is 0.526. The molecule has 0 bridgehead atoms. The predicted octanol–water partition coefficient (Wildman–Crippen LogP) is 1.44. The maximum Gasteiger partial charge on any atom is 0.123 e. The monoisotopic (exact) mass is 144 g/mol. The number of quaternary nitrogens is 1. The van der Waals surface area contributed by atoms with Crippen LogP contribution in [-0.2, 0) is 0 Å². The molecule has 0 saturated heterocycles. The highest BCUT2D eigenvalue weighted by Gasteiger charge is 1.81. The molecule has 0 spiro atoms. The summed E-state index contributed by atoms with van der Waals surface area (Å²) >= 11 is 5.44. The quantitative estimate of drug-likeness (QED) is 0.569. The molecule has 0 aliphatic rings. The molecule has 0 saturated carbocycles. The van der Waals surface area contributed by atoms with E-state index >= 15 is 0 Å². The van der Waals surface area contributed by atoms with Crippen LogP contribution in [0.3, 0.4) is 0 Å². The molecule has 0 unspecified atom stereocenters. The molecule has 0 radical (unpaired) electrons. The summed E-state index contributed by atoms with van der Waals surface area (Å²) in [4.78, 5) is 0. The molecule has 0 amide bonds. The van der Waals surface area contributed by atoms with Crippen molar-refractivity contribution >= 4 is 11.6 Å². The van der Waals surface area contributed by atoms with E-state index in [9.17, 15) is 0 Å². The van der Waals surface area contributed by atoms with Gasteiger partial charge in [0.25, 0.3) is 0 Å². The summed E-state index contributed by atoms with van der Waals surface area (Å²) < 4.78 is 0. The molecular formula is C7H11ClN+. The molecular weight excluding hydrogens is 134 g/mol. The summed E-state index contributed by atoms with van der Waals surface area (Å²) in [7, 11) is 0. The summed E-state index contributed by atoms with van der Waals surface area (Å²) in [5.41, 5.74) is 4.64. The number of allylic oxidation sites excluding steroid dienone is 4. The van der Waals surface area contributed by atoms with Crippen molar-refractivity contribution in [3.8, 4) is 0 Å². The Balaban J connectivity index is 3.86. The van der Waals surface area contributed by atoms with Crippen molar-refractivity contribution in [3.05, 3.63) is 35.5 Å². The Bertz CT molecular complexity index is 156. The van der Waals surface area contributed by atoms with E-state index < -0.39 is 0 Å². The fraction of sp³-hybridized carbons (Fsp3) is 0.143. The molecule has 0 atom stereocenters. The number of hydrogen-bond donors (Lipinski definition) is 1. The average molecular weight is 145 g/mol. The second-order valence-electron chi connectivity index (χ2n) is 1.64. The van der Waals surface area contributed by atoms with Gasteiger partial charge >= 0.3 is 0 Å². The smallest absolute Gasteiger partial charge is 0.123 e. The van der Waals surface area contributed by atoms with E-state index in [1.54, 1.807) is 6.08 Å². The Labute approximate surface area is 60.5 Å². The van der Waals surface area contributed by atoms with Gasteiger partial charge in [-0.25, -0.2) is 0 Å². The van der Waals surface area contributed by atoms with Crippen LogP contribution in [0, 0.1) is 0 Å². The third-order valence-corrected chi connectivity index (χ3v) is 0.975. The Kier molecular flexibility index (Phi) is 4.10. The molecule has 0 rings (SSSR count). The largest absolute Gasteiger partial charge is 0.326 e. The number of halogens is 1.